The molecule has 0 saturated heterocycles. The van der Waals surface area contributed by atoms with Crippen LogP contribution in [0.3, 0.4) is 0 Å². The molecule has 202 valence electrons. The molecule has 1 nitrogen and oxygen atoms in total. The largest absolute Gasteiger partial charge is 0.305 e. The molecule has 0 atom stereocenters. The third kappa shape index (κ3) is 5.25. The zero-order valence-electron chi connectivity index (χ0n) is 23.9. The molecule has 6 aromatic carbocycles. The summed E-state index contributed by atoms with van der Waals surface area (Å²) in [6, 6.07) is 39.6. The molecular weight excluding hydrogens is 506 g/mol. The molecule has 6 aromatic rings. The Bertz CT molecular complexity index is 2010. The Morgan fingerprint density at radius 3 is 1.90 bits per heavy atom. The van der Waals surface area contributed by atoms with E-state index in [4.69, 9.17) is 5.41 Å². The average molecular weight is 540 g/mol. The van der Waals surface area contributed by atoms with Gasteiger partial charge in [0, 0.05) is 12.1 Å². The fourth-order valence-electron chi connectivity index (χ4n) is 5.81. The van der Waals surface area contributed by atoms with Gasteiger partial charge in [-0.3, -0.25) is 0 Å². The smallest absolute Gasteiger partial charge is 0.0351 e. The van der Waals surface area contributed by atoms with Gasteiger partial charge in [-0.2, -0.15) is 0 Å². The van der Waals surface area contributed by atoms with Crippen molar-refractivity contribution in [3.8, 4) is 22.3 Å². The third-order valence-corrected chi connectivity index (χ3v) is 7.83. The Balaban J connectivity index is 1.48. The molecule has 0 fully saturated rings. The summed E-state index contributed by atoms with van der Waals surface area (Å²) in [4.78, 5) is 0. The van der Waals surface area contributed by atoms with Crippen LogP contribution >= 0.6 is 0 Å². The lowest BCUT2D eigenvalue weighted by atomic mass is 9.85. The summed E-state index contributed by atoms with van der Waals surface area (Å²) >= 11 is 0. The van der Waals surface area contributed by atoms with Crippen LogP contribution in [0.2, 0.25) is 0 Å². The van der Waals surface area contributed by atoms with Crippen LogP contribution in [0.25, 0.3) is 60.1 Å². The minimum atomic E-state index is 0.533. The van der Waals surface area contributed by atoms with Gasteiger partial charge in [0.05, 0.1) is 0 Å². The fourth-order valence-corrected chi connectivity index (χ4v) is 5.81. The summed E-state index contributed by atoms with van der Waals surface area (Å²) in [5.41, 5.74) is 8.70. The van der Waals surface area contributed by atoms with E-state index in [-0.39, 0.29) is 0 Å². The molecule has 0 unspecified atom stereocenters. The first-order valence-electron chi connectivity index (χ1n) is 14.3. The highest BCUT2D eigenvalue weighted by atomic mass is 14.4. The second kappa shape index (κ2) is 11.7. The summed E-state index contributed by atoms with van der Waals surface area (Å²) in [6.07, 6.45) is 9.84. The predicted molar refractivity (Wildman–Crippen MR) is 184 cm³/mol. The van der Waals surface area contributed by atoms with Crippen molar-refractivity contribution in [2.24, 2.45) is 0 Å². The molecule has 0 saturated carbocycles. The highest BCUT2D eigenvalue weighted by Gasteiger charge is 2.16. The van der Waals surface area contributed by atoms with Crippen LogP contribution in [0.1, 0.15) is 17.5 Å². The Hall–Kier alpha value is -5.27. The van der Waals surface area contributed by atoms with E-state index >= 15 is 0 Å². The van der Waals surface area contributed by atoms with Gasteiger partial charge in [0.2, 0.25) is 0 Å². The Morgan fingerprint density at radius 1 is 0.667 bits per heavy atom. The fraction of sp³-hybridized carbons (Fsp3) is 0.0488. The van der Waals surface area contributed by atoms with Crippen LogP contribution in [0.4, 0.5) is 0 Å². The summed E-state index contributed by atoms with van der Waals surface area (Å²) in [6.45, 7) is 10.1. The molecule has 0 radical (unpaired) electrons. The van der Waals surface area contributed by atoms with Gasteiger partial charge in [0.25, 0.3) is 0 Å². The average Bonchev–Trinajstić information content (AvgIpc) is 3.02. The molecule has 42 heavy (non-hydrogen) atoms. The lowest BCUT2D eigenvalue weighted by Gasteiger charge is -2.18. The Kier molecular flexibility index (Phi) is 7.49. The number of nitrogens with one attached hydrogen (secondary N) is 1. The number of hydrogen-bond acceptors (Lipinski definition) is 1. The molecule has 0 heterocycles. The van der Waals surface area contributed by atoms with Crippen molar-refractivity contribution in [2.45, 2.75) is 13.3 Å². The maximum absolute atomic E-state index is 8.18. The summed E-state index contributed by atoms with van der Waals surface area (Å²) in [7, 11) is 0. The maximum atomic E-state index is 8.18. The topological polar surface area (TPSA) is 23.9 Å². The first-order chi connectivity index (χ1) is 20.5. The third-order valence-electron chi connectivity index (χ3n) is 7.83. The van der Waals surface area contributed by atoms with Crippen LogP contribution in [-0.4, -0.2) is 5.71 Å². The van der Waals surface area contributed by atoms with Crippen LogP contribution in [0, 0.1) is 12.3 Å². The highest BCUT2D eigenvalue weighted by Crippen LogP contribution is 2.44. The molecule has 6 rings (SSSR count). The SMILES string of the molecule is C=C/C=C\CC(=N)/C=C\C(=C)c1ccc2ccc(-c3c4ccccc4c(-c4cccc(C)c4)c4ccccc34)cc2c1. The molecule has 0 aromatic heterocycles. The summed E-state index contributed by atoms with van der Waals surface area (Å²) in [5.74, 6) is 0. The lowest BCUT2D eigenvalue weighted by Crippen LogP contribution is -1.91. The monoisotopic (exact) mass is 539 g/mol. The van der Waals surface area contributed by atoms with E-state index in [1.54, 1.807) is 6.08 Å². The molecule has 0 spiro atoms. The van der Waals surface area contributed by atoms with Crippen molar-refractivity contribution in [2.75, 3.05) is 0 Å². The number of aryl methyl sites for hydroxylation is 1. The van der Waals surface area contributed by atoms with E-state index in [1.807, 2.05) is 24.3 Å². The second-order valence-corrected chi connectivity index (χ2v) is 10.7. The Labute approximate surface area is 248 Å². The molecule has 0 bridgehead atoms. The number of rotatable bonds is 8. The van der Waals surface area contributed by atoms with Crippen molar-refractivity contribution in [1.82, 2.24) is 0 Å². The van der Waals surface area contributed by atoms with E-state index in [2.05, 4.69) is 129 Å². The molecule has 0 aliphatic carbocycles. The van der Waals surface area contributed by atoms with Crippen LogP contribution in [0.5, 0.6) is 0 Å². The number of hydrogen-bond donors (Lipinski definition) is 1. The minimum Gasteiger partial charge on any atom is -0.305 e. The van der Waals surface area contributed by atoms with Gasteiger partial charge in [0.15, 0.2) is 0 Å². The lowest BCUT2D eigenvalue weighted by molar-refractivity contribution is 1.38. The predicted octanol–water partition coefficient (Wildman–Crippen LogP) is 11.5. The molecule has 1 heteroatoms. The second-order valence-electron chi connectivity index (χ2n) is 10.7. The van der Waals surface area contributed by atoms with Crippen molar-refractivity contribution in [3.05, 3.63) is 164 Å². The van der Waals surface area contributed by atoms with E-state index in [1.165, 1.54) is 60.1 Å². The van der Waals surface area contributed by atoms with Gasteiger partial charge in [-0.15, -0.1) is 0 Å². The van der Waals surface area contributed by atoms with Crippen molar-refractivity contribution >= 4 is 43.6 Å². The van der Waals surface area contributed by atoms with Gasteiger partial charge in [-0.05, 0) is 90.8 Å². The van der Waals surface area contributed by atoms with E-state index < -0.39 is 0 Å². The zero-order chi connectivity index (χ0) is 29.1. The van der Waals surface area contributed by atoms with Gasteiger partial charge < -0.3 is 5.41 Å². The summed E-state index contributed by atoms with van der Waals surface area (Å²) in [5, 5.41) is 15.5. The highest BCUT2D eigenvalue weighted by molar-refractivity contribution is 6.21. The zero-order valence-corrected chi connectivity index (χ0v) is 23.9. The van der Waals surface area contributed by atoms with Gasteiger partial charge >= 0.3 is 0 Å². The molecular formula is C41H33N. The quantitative estimate of drug-likeness (QED) is 0.113. The number of benzene rings is 6. The van der Waals surface area contributed by atoms with Crippen molar-refractivity contribution in [1.29, 1.82) is 5.41 Å². The number of allylic oxidation sites excluding steroid dienone is 6. The molecule has 0 aliphatic rings. The van der Waals surface area contributed by atoms with Gasteiger partial charge in [-0.25, -0.2) is 0 Å². The normalized spacial score (nSPS) is 11.6. The minimum absolute atomic E-state index is 0.533. The van der Waals surface area contributed by atoms with Gasteiger partial charge in [-0.1, -0.05) is 140 Å². The molecule has 0 aliphatic heterocycles. The maximum Gasteiger partial charge on any atom is 0.0351 e. The molecule has 1 N–H and O–H groups in total. The van der Waals surface area contributed by atoms with E-state index in [9.17, 15) is 0 Å². The standard InChI is InChI=1S/C41H33N/c1-4-5-6-14-35(42)24-19-29(3)31-22-20-30-21-23-33(27-34(30)26-31)41-38-17-9-7-15-36(38)40(32-13-11-12-28(2)25-32)37-16-8-10-18-39(37)41/h4-13,15-27,42H,1,3,14H2,2H3/b6-5-,24-19-,42-35?. The Morgan fingerprint density at radius 2 is 1.29 bits per heavy atom. The van der Waals surface area contributed by atoms with E-state index in [0.29, 0.717) is 12.1 Å². The molecule has 0 amide bonds. The van der Waals surface area contributed by atoms with Crippen LogP contribution < -0.4 is 0 Å². The van der Waals surface area contributed by atoms with Crippen molar-refractivity contribution < 1.29 is 0 Å². The number of fused-ring (bicyclic) bond motifs is 3. The first-order valence-corrected chi connectivity index (χ1v) is 14.3. The van der Waals surface area contributed by atoms with Gasteiger partial charge in [0.1, 0.15) is 0 Å². The van der Waals surface area contributed by atoms with Crippen LogP contribution in [0.15, 0.2) is 153 Å². The summed E-state index contributed by atoms with van der Waals surface area (Å²) < 4.78 is 0. The first kappa shape index (κ1) is 26.9. The van der Waals surface area contributed by atoms with Crippen molar-refractivity contribution in [3.63, 3.8) is 0 Å². The van der Waals surface area contributed by atoms with E-state index in [0.717, 1.165) is 11.1 Å². The van der Waals surface area contributed by atoms with Crippen LogP contribution in [-0.2, 0) is 0 Å².